The minimum atomic E-state index is 0. The van der Waals surface area contributed by atoms with Crippen LogP contribution in [0.3, 0.4) is 0 Å². The van der Waals surface area contributed by atoms with Crippen LogP contribution in [0.4, 0.5) is 5.69 Å². The Morgan fingerprint density at radius 1 is 1.40 bits per heavy atom. The van der Waals surface area contributed by atoms with Gasteiger partial charge in [-0.15, -0.1) is 12.4 Å². The van der Waals surface area contributed by atoms with Gasteiger partial charge in [0.05, 0.1) is 0 Å². The van der Waals surface area contributed by atoms with E-state index in [2.05, 4.69) is 17.6 Å². The first-order valence-corrected chi connectivity index (χ1v) is 6.88. The van der Waals surface area contributed by atoms with Crippen LogP contribution in [0.15, 0.2) is 24.3 Å². The number of amides is 1. The third-order valence-electron chi connectivity index (χ3n) is 3.58. The molecule has 1 saturated heterocycles. The highest BCUT2D eigenvalue weighted by Gasteiger charge is 2.20. The van der Waals surface area contributed by atoms with Crippen molar-refractivity contribution in [2.24, 2.45) is 0 Å². The van der Waals surface area contributed by atoms with E-state index in [0.717, 1.165) is 30.6 Å². The van der Waals surface area contributed by atoms with Crippen LogP contribution >= 0.6 is 12.4 Å². The highest BCUT2D eigenvalue weighted by Crippen LogP contribution is 2.14. The Morgan fingerprint density at radius 3 is 2.80 bits per heavy atom. The number of benzene rings is 1. The predicted molar refractivity (Wildman–Crippen MR) is 86.0 cm³/mol. The van der Waals surface area contributed by atoms with Crippen molar-refractivity contribution < 1.29 is 4.79 Å². The molecule has 0 saturated carbocycles. The lowest BCUT2D eigenvalue weighted by Gasteiger charge is -2.28. The number of hydrogen-bond donors (Lipinski definition) is 2. The number of nitrogens with zero attached hydrogens (tertiary/aromatic N) is 1. The molecule has 5 heteroatoms. The summed E-state index contributed by atoms with van der Waals surface area (Å²) >= 11 is 0. The summed E-state index contributed by atoms with van der Waals surface area (Å²) in [4.78, 5) is 14.2. The largest absolute Gasteiger partial charge is 0.378 e. The molecule has 0 spiro atoms. The van der Waals surface area contributed by atoms with Crippen molar-refractivity contribution >= 4 is 24.0 Å². The predicted octanol–water partition coefficient (Wildman–Crippen LogP) is 2.04. The maximum Gasteiger partial charge on any atom is 0.251 e. The molecule has 112 valence electrons. The van der Waals surface area contributed by atoms with Gasteiger partial charge in [-0.05, 0) is 44.5 Å². The zero-order chi connectivity index (χ0) is 13.8. The van der Waals surface area contributed by atoms with Crippen LogP contribution in [0.2, 0.25) is 0 Å². The summed E-state index contributed by atoms with van der Waals surface area (Å²) < 4.78 is 0. The van der Waals surface area contributed by atoms with Crippen LogP contribution < -0.4 is 15.5 Å². The van der Waals surface area contributed by atoms with Crippen LogP contribution in [0.1, 0.15) is 30.1 Å². The van der Waals surface area contributed by atoms with Crippen LogP contribution in [-0.4, -0.2) is 38.6 Å². The normalized spacial score (nSPS) is 21.8. The lowest BCUT2D eigenvalue weighted by Crippen LogP contribution is -2.46. The molecule has 2 atom stereocenters. The monoisotopic (exact) mass is 297 g/mol. The molecule has 1 heterocycles. The molecular formula is C15H24ClN3O. The number of carbonyl (C=O) groups excluding carboxylic acids is 1. The van der Waals surface area contributed by atoms with Gasteiger partial charge in [-0.3, -0.25) is 4.79 Å². The van der Waals surface area contributed by atoms with Gasteiger partial charge >= 0.3 is 0 Å². The second kappa shape index (κ2) is 7.50. The van der Waals surface area contributed by atoms with Gasteiger partial charge in [0.25, 0.3) is 5.91 Å². The zero-order valence-electron chi connectivity index (χ0n) is 12.3. The molecule has 20 heavy (non-hydrogen) atoms. The fraction of sp³-hybridized carbons (Fsp3) is 0.533. The average molecular weight is 298 g/mol. The van der Waals surface area contributed by atoms with Crippen molar-refractivity contribution in [3.05, 3.63) is 29.8 Å². The van der Waals surface area contributed by atoms with Crippen LogP contribution in [-0.2, 0) is 0 Å². The first kappa shape index (κ1) is 16.8. The number of carbonyl (C=O) groups is 1. The van der Waals surface area contributed by atoms with Crippen molar-refractivity contribution in [3.63, 3.8) is 0 Å². The summed E-state index contributed by atoms with van der Waals surface area (Å²) in [5.41, 5.74) is 1.78. The maximum absolute atomic E-state index is 12.2. The SMILES string of the molecule is CC1CC(NC(=O)c2cccc(N(C)C)c2)CCN1.Cl. The molecule has 0 aromatic heterocycles. The summed E-state index contributed by atoms with van der Waals surface area (Å²) in [5, 5.41) is 6.53. The summed E-state index contributed by atoms with van der Waals surface area (Å²) in [6.45, 7) is 3.13. The Morgan fingerprint density at radius 2 is 2.15 bits per heavy atom. The number of piperidine rings is 1. The number of hydrogen-bond acceptors (Lipinski definition) is 3. The third kappa shape index (κ3) is 4.39. The quantitative estimate of drug-likeness (QED) is 0.897. The molecule has 1 aliphatic heterocycles. The number of anilines is 1. The Hall–Kier alpha value is -1.26. The standard InChI is InChI=1S/C15H23N3O.ClH/c1-11-9-13(7-8-16-11)17-15(19)12-5-4-6-14(10-12)18(2)3;/h4-6,10-11,13,16H,7-9H2,1-3H3,(H,17,19);1H. The number of nitrogens with one attached hydrogen (secondary N) is 2. The third-order valence-corrected chi connectivity index (χ3v) is 3.58. The van der Waals surface area contributed by atoms with Gasteiger partial charge < -0.3 is 15.5 Å². The molecule has 0 aliphatic carbocycles. The van der Waals surface area contributed by atoms with E-state index in [1.165, 1.54) is 0 Å². The summed E-state index contributed by atoms with van der Waals surface area (Å²) in [5.74, 6) is 0.0304. The van der Waals surface area contributed by atoms with Crippen molar-refractivity contribution in [3.8, 4) is 0 Å². The molecule has 0 radical (unpaired) electrons. The second-order valence-electron chi connectivity index (χ2n) is 5.49. The smallest absolute Gasteiger partial charge is 0.251 e. The van der Waals surface area contributed by atoms with E-state index in [0.29, 0.717) is 6.04 Å². The second-order valence-corrected chi connectivity index (χ2v) is 5.49. The first-order valence-electron chi connectivity index (χ1n) is 6.88. The minimum absolute atomic E-state index is 0. The molecule has 0 bridgehead atoms. The Labute approximate surface area is 127 Å². The molecule has 1 aromatic carbocycles. The van der Waals surface area contributed by atoms with Crippen molar-refractivity contribution in [1.29, 1.82) is 0 Å². The molecule has 2 rings (SSSR count). The lowest BCUT2D eigenvalue weighted by molar-refractivity contribution is 0.0925. The molecule has 1 aliphatic rings. The highest BCUT2D eigenvalue weighted by molar-refractivity contribution is 5.95. The minimum Gasteiger partial charge on any atom is -0.378 e. The Bertz CT molecular complexity index is 450. The van der Waals surface area contributed by atoms with Gasteiger partial charge in [-0.25, -0.2) is 0 Å². The molecule has 2 unspecified atom stereocenters. The average Bonchev–Trinajstić information content (AvgIpc) is 2.39. The van der Waals surface area contributed by atoms with Gasteiger partial charge in [0.1, 0.15) is 0 Å². The number of halogens is 1. The molecular weight excluding hydrogens is 274 g/mol. The number of rotatable bonds is 3. The van der Waals surface area contributed by atoms with E-state index in [1.807, 2.05) is 43.3 Å². The van der Waals surface area contributed by atoms with Gasteiger partial charge in [0, 0.05) is 37.4 Å². The van der Waals surface area contributed by atoms with E-state index in [9.17, 15) is 4.79 Å². The highest BCUT2D eigenvalue weighted by atomic mass is 35.5. The summed E-state index contributed by atoms with van der Waals surface area (Å²) in [6.07, 6.45) is 2.00. The fourth-order valence-electron chi connectivity index (χ4n) is 2.46. The molecule has 4 nitrogen and oxygen atoms in total. The van der Waals surface area contributed by atoms with E-state index >= 15 is 0 Å². The van der Waals surface area contributed by atoms with E-state index < -0.39 is 0 Å². The van der Waals surface area contributed by atoms with Crippen molar-refractivity contribution in [1.82, 2.24) is 10.6 Å². The lowest BCUT2D eigenvalue weighted by atomic mass is 10.00. The van der Waals surface area contributed by atoms with Gasteiger partial charge in [-0.1, -0.05) is 6.07 Å². The molecule has 1 fully saturated rings. The van der Waals surface area contributed by atoms with E-state index in [-0.39, 0.29) is 24.4 Å². The fourth-order valence-corrected chi connectivity index (χ4v) is 2.46. The Kier molecular flexibility index (Phi) is 6.30. The topological polar surface area (TPSA) is 44.4 Å². The van der Waals surface area contributed by atoms with Gasteiger partial charge in [-0.2, -0.15) is 0 Å². The molecule has 1 aromatic rings. The van der Waals surface area contributed by atoms with E-state index in [1.54, 1.807) is 0 Å². The summed E-state index contributed by atoms with van der Waals surface area (Å²) in [7, 11) is 3.96. The van der Waals surface area contributed by atoms with Crippen LogP contribution in [0.25, 0.3) is 0 Å². The van der Waals surface area contributed by atoms with Crippen molar-refractivity contribution in [2.45, 2.75) is 31.8 Å². The van der Waals surface area contributed by atoms with Gasteiger partial charge in [0.2, 0.25) is 0 Å². The van der Waals surface area contributed by atoms with E-state index in [4.69, 9.17) is 0 Å². The van der Waals surface area contributed by atoms with Crippen LogP contribution in [0.5, 0.6) is 0 Å². The molecule has 1 amide bonds. The van der Waals surface area contributed by atoms with Crippen molar-refractivity contribution in [2.75, 3.05) is 25.5 Å². The van der Waals surface area contributed by atoms with Crippen LogP contribution in [0, 0.1) is 0 Å². The molecule has 2 N–H and O–H groups in total. The Balaban J connectivity index is 0.00000200. The maximum atomic E-state index is 12.2. The zero-order valence-corrected chi connectivity index (χ0v) is 13.2. The first-order chi connectivity index (χ1) is 9.06. The van der Waals surface area contributed by atoms with Gasteiger partial charge in [0.15, 0.2) is 0 Å². The summed E-state index contributed by atoms with van der Waals surface area (Å²) in [6, 6.07) is 8.49.